The lowest BCUT2D eigenvalue weighted by atomic mass is 9.81. The van der Waals surface area contributed by atoms with E-state index >= 15 is 0 Å². The molecule has 126 valence electrons. The number of carbonyl (C=O) groups excluding carboxylic acids is 1. The van der Waals surface area contributed by atoms with Gasteiger partial charge in [0.15, 0.2) is 5.78 Å². The third-order valence-corrected chi connectivity index (χ3v) is 5.43. The third kappa shape index (κ3) is 4.27. The summed E-state index contributed by atoms with van der Waals surface area (Å²) in [6, 6.07) is 15.9. The molecule has 0 aliphatic heterocycles. The lowest BCUT2D eigenvalue weighted by molar-refractivity contribution is 0.0929. The molecular formula is C21H24BrNO. The molecule has 24 heavy (non-hydrogen) atoms. The molecule has 1 atom stereocenters. The summed E-state index contributed by atoms with van der Waals surface area (Å²) in [4.78, 5) is 13.1. The molecule has 2 aromatic rings. The first kappa shape index (κ1) is 17.2. The first-order valence-electron chi connectivity index (χ1n) is 8.76. The Balaban J connectivity index is 1.84. The van der Waals surface area contributed by atoms with Gasteiger partial charge in [-0.3, -0.25) is 4.79 Å². The monoisotopic (exact) mass is 385 g/mol. The summed E-state index contributed by atoms with van der Waals surface area (Å²) < 4.78 is 1.000. The zero-order valence-corrected chi connectivity index (χ0v) is 15.7. The zero-order chi connectivity index (χ0) is 16.9. The van der Waals surface area contributed by atoms with E-state index in [-0.39, 0.29) is 11.8 Å². The van der Waals surface area contributed by atoms with E-state index in [2.05, 4.69) is 52.4 Å². The minimum absolute atomic E-state index is 0.144. The molecule has 2 aromatic carbocycles. The van der Waals surface area contributed by atoms with E-state index < -0.39 is 0 Å². The topological polar surface area (TPSA) is 29.1 Å². The molecule has 3 heteroatoms. The Morgan fingerprint density at radius 2 is 1.62 bits per heavy atom. The molecule has 0 bridgehead atoms. The largest absolute Gasteiger partial charge is 0.375 e. The first-order valence-corrected chi connectivity index (χ1v) is 9.56. The number of halogens is 1. The molecule has 2 nitrogen and oxygen atoms in total. The normalized spacial score (nSPS) is 16.6. The number of carbonyl (C=O) groups is 1. The van der Waals surface area contributed by atoms with Gasteiger partial charge in [0.25, 0.3) is 0 Å². The minimum atomic E-state index is -0.144. The van der Waals surface area contributed by atoms with Crippen LogP contribution in [0.25, 0.3) is 0 Å². The van der Waals surface area contributed by atoms with Crippen molar-refractivity contribution in [2.45, 2.75) is 45.1 Å². The van der Waals surface area contributed by atoms with Crippen molar-refractivity contribution < 1.29 is 4.79 Å². The standard InChI is InChI=1S/C21H24BrNO/c1-15-7-13-19(14-8-15)23-20(16-5-3-2-4-6-16)21(24)17-9-11-18(22)12-10-17/h7-14,16,20,23H,2-6H2,1H3. The molecule has 1 aliphatic rings. The van der Waals surface area contributed by atoms with Crippen LogP contribution in [0.15, 0.2) is 53.0 Å². The van der Waals surface area contributed by atoms with Crippen molar-refractivity contribution in [1.82, 2.24) is 0 Å². The highest BCUT2D eigenvalue weighted by Crippen LogP contribution is 2.30. The number of rotatable bonds is 5. The highest BCUT2D eigenvalue weighted by molar-refractivity contribution is 9.10. The summed E-state index contributed by atoms with van der Waals surface area (Å²) in [6.07, 6.45) is 6.01. The van der Waals surface area contributed by atoms with Crippen LogP contribution in [0.4, 0.5) is 5.69 Å². The fraction of sp³-hybridized carbons (Fsp3) is 0.381. The summed E-state index contributed by atoms with van der Waals surface area (Å²) in [7, 11) is 0. The van der Waals surface area contributed by atoms with Gasteiger partial charge < -0.3 is 5.32 Å². The molecule has 1 fully saturated rings. The summed E-state index contributed by atoms with van der Waals surface area (Å²) in [5.74, 6) is 0.617. The van der Waals surface area contributed by atoms with Gasteiger partial charge >= 0.3 is 0 Å². The smallest absolute Gasteiger partial charge is 0.185 e. The van der Waals surface area contributed by atoms with Crippen molar-refractivity contribution in [3.05, 3.63) is 64.1 Å². The zero-order valence-electron chi connectivity index (χ0n) is 14.1. The van der Waals surface area contributed by atoms with E-state index in [0.29, 0.717) is 5.92 Å². The van der Waals surface area contributed by atoms with Crippen LogP contribution in [0.2, 0.25) is 0 Å². The van der Waals surface area contributed by atoms with Gasteiger partial charge in [-0.2, -0.15) is 0 Å². The lowest BCUT2D eigenvalue weighted by Crippen LogP contribution is -2.38. The first-order chi connectivity index (χ1) is 11.6. The van der Waals surface area contributed by atoms with Gasteiger partial charge in [-0.25, -0.2) is 0 Å². The van der Waals surface area contributed by atoms with Gasteiger partial charge in [-0.1, -0.05) is 65.0 Å². The second-order valence-corrected chi connectivity index (χ2v) is 7.67. The van der Waals surface area contributed by atoms with Crippen molar-refractivity contribution >= 4 is 27.4 Å². The number of anilines is 1. The Labute approximate surface area is 152 Å². The highest BCUT2D eigenvalue weighted by atomic mass is 79.9. The van der Waals surface area contributed by atoms with Crippen LogP contribution in [0.1, 0.15) is 48.0 Å². The SMILES string of the molecule is Cc1ccc(NC(C(=O)c2ccc(Br)cc2)C2CCCCC2)cc1. The van der Waals surface area contributed by atoms with Gasteiger partial charge in [0.2, 0.25) is 0 Å². The van der Waals surface area contributed by atoms with Gasteiger partial charge in [-0.15, -0.1) is 0 Å². The Morgan fingerprint density at radius 3 is 2.25 bits per heavy atom. The van der Waals surface area contributed by atoms with Crippen LogP contribution >= 0.6 is 15.9 Å². The number of benzene rings is 2. The van der Waals surface area contributed by atoms with E-state index in [4.69, 9.17) is 0 Å². The summed E-state index contributed by atoms with van der Waals surface area (Å²) >= 11 is 3.44. The average Bonchev–Trinajstić information content (AvgIpc) is 2.62. The van der Waals surface area contributed by atoms with E-state index in [1.807, 2.05) is 24.3 Å². The molecule has 3 rings (SSSR count). The van der Waals surface area contributed by atoms with Crippen molar-refractivity contribution in [2.75, 3.05) is 5.32 Å². The van der Waals surface area contributed by atoms with Crippen LogP contribution in [0.3, 0.4) is 0 Å². The van der Waals surface area contributed by atoms with E-state index in [0.717, 1.165) is 28.6 Å². The van der Waals surface area contributed by atoms with Gasteiger partial charge in [-0.05, 0) is 49.9 Å². The molecule has 0 radical (unpaired) electrons. The summed E-state index contributed by atoms with van der Waals surface area (Å²) in [6.45, 7) is 2.08. The molecule has 1 unspecified atom stereocenters. The fourth-order valence-electron chi connectivity index (χ4n) is 3.49. The maximum atomic E-state index is 13.1. The second kappa shape index (κ2) is 7.98. The van der Waals surface area contributed by atoms with Crippen LogP contribution in [0.5, 0.6) is 0 Å². The Bertz CT molecular complexity index is 672. The number of ketones is 1. The Kier molecular flexibility index (Phi) is 5.72. The third-order valence-electron chi connectivity index (χ3n) is 4.91. The maximum absolute atomic E-state index is 13.1. The highest BCUT2D eigenvalue weighted by Gasteiger charge is 2.30. The molecule has 0 heterocycles. The van der Waals surface area contributed by atoms with Crippen molar-refractivity contribution in [3.8, 4) is 0 Å². The second-order valence-electron chi connectivity index (χ2n) is 6.76. The Morgan fingerprint density at radius 1 is 1.00 bits per heavy atom. The number of hydrogen-bond donors (Lipinski definition) is 1. The summed E-state index contributed by atoms with van der Waals surface area (Å²) in [5, 5.41) is 3.53. The molecule has 1 N–H and O–H groups in total. The van der Waals surface area contributed by atoms with Crippen molar-refractivity contribution in [1.29, 1.82) is 0 Å². The van der Waals surface area contributed by atoms with E-state index in [9.17, 15) is 4.79 Å². The van der Waals surface area contributed by atoms with Crippen LogP contribution < -0.4 is 5.32 Å². The predicted molar refractivity (Wildman–Crippen MR) is 104 cm³/mol. The van der Waals surface area contributed by atoms with E-state index in [1.165, 1.54) is 24.8 Å². The van der Waals surface area contributed by atoms with E-state index in [1.54, 1.807) is 0 Å². The van der Waals surface area contributed by atoms with Crippen molar-refractivity contribution in [3.63, 3.8) is 0 Å². The molecule has 0 spiro atoms. The molecule has 0 amide bonds. The number of nitrogens with one attached hydrogen (secondary N) is 1. The fourth-order valence-corrected chi connectivity index (χ4v) is 3.75. The van der Waals surface area contributed by atoms with Crippen molar-refractivity contribution in [2.24, 2.45) is 5.92 Å². The Hall–Kier alpha value is -1.61. The quantitative estimate of drug-likeness (QED) is 0.639. The number of hydrogen-bond acceptors (Lipinski definition) is 2. The molecule has 0 aromatic heterocycles. The van der Waals surface area contributed by atoms with Gasteiger partial charge in [0, 0.05) is 15.7 Å². The molecule has 1 aliphatic carbocycles. The van der Waals surface area contributed by atoms with Crippen LogP contribution in [-0.4, -0.2) is 11.8 Å². The number of Topliss-reactive ketones (excluding diaryl/α,β-unsaturated/α-hetero) is 1. The number of aryl methyl sites for hydroxylation is 1. The lowest BCUT2D eigenvalue weighted by Gasteiger charge is -2.31. The summed E-state index contributed by atoms with van der Waals surface area (Å²) in [5.41, 5.74) is 3.05. The molecule has 1 saturated carbocycles. The van der Waals surface area contributed by atoms with Crippen LogP contribution in [-0.2, 0) is 0 Å². The minimum Gasteiger partial charge on any atom is -0.375 e. The average molecular weight is 386 g/mol. The van der Waals surface area contributed by atoms with Gasteiger partial charge in [0.1, 0.15) is 0 Å². The van der Waals surface area contributed by atoms with Gasteiger partial charge in [0.05, 0.1) is 6.04 Å². The molecule has 0 saturated heterocycles. The van der Waals surface area contributed by atoms with Crippen LogP contribution in [0, 0.1) is 12.8 Å². The predicted octanol–water partition coefficient (Wildman–Crippen LogP) is 6.00. The maximum Gasteiger partial charge on any atom is 0.185 e. The molecular weight excluding hydrogens is 362 g/mol.